The topological polar surface area (TPSA) is 56.8 Å². The molecular formula is C12H15NO4. The molecular weight excluding hydrogens is 222 g/mol. The van der Waals surface area contributed by atoms with E-state index in [-0.39, 0.29) is 5.97 Å². The molecule has 1 heterocycles. The summed E-state index contributed by atoms with van der Waals surface area (Å²) in [5.74, 6) is 0.567. The van der Waals surface area contributed by atoms with Crippen molar-refractivity contribution in [3.8, 4) is 11.5 Å². The predicted octanol–water partition coefficient (Wildman–Crippen LogP) is 1.48. The van der Waals surface area contributed by atoms with Gasteiger partial charge in [-0.1, -0.05) is 6.92 Å². The van der Waals surface area contributed by atoms with Gasteiger partial charge >= 0.3 is 5.97 Å². The molecule has 2 rings (SSSR count). The summed E-state index contributed by atoms with van der Waals surface area (Å²) in [6, 6.07) is 3.58. The second kappa shape index (κ2) is 4.63. The Hall–Kier alpha value is -1.75. The molecule has 0 saturated heterocycles. The molecule has 0 bridgehead atoms. The van der Waals surface area contributed by atoms with E-state index in [1.54, 1.807) is 6.07 Å². The zero-order valence-corrected chi connectivity index (χ0v) is 10.1. The van der Waals surface area contributed by atoms with Gasteiger partial charge < -0.3 is 14.2 Å². The lowest BCUT2D eigenvalue weighted by atomic mass is 10.1. The van der Waals surface area contributed by atoms with Crippen LogP contribution in [-0.2, 0) is 4.74 Å². The zero-order valence-electron chi connectivity index (χ0n) is 10.1. The largest absolute Gasteiger partial charge is 0.493 e. The third kappa shape index (κ3) is 1.82. The van der Waals surface area contributed by atoms with E-state index in [0.29, 0.717) is 23.6 Å². The Morgan fingerprint density at radius 3 is 2.71 bits per heavy atom. The van der Waals surface area contributed by atoms with Crippen molar-refractivity contribution in [2.75, 3.05) is 20.8 Å². The molecule has 1 atom stereocenters. The number of carbonyl (C=O) groups is 1. The summed E-state index contributed by atoms with van der Waals surface area (Å²) in [5.41, 5.74) is 1.23. The number of hydrogen-bond donors (Lipinski definition) is 1. The average molecular weight is 237 g/mol. The Morgan fingerprint density at radius 1 is 1.35 bits per heavy atom. The van der Waals surface area contributed by atoms with Crippen molar-refractivity contribution in [1.29, 1.82) is 0 Å². The van der Waals surface area contributed by atoms with Gasteiger partial charge in [0.2, 0.25) is 0 Å². The Morgan fingerprint density at radius 2 is 2.12 bits per heavy atom. The van der Waals surface area contributed by atoms with Crippen LogP contribution in [0.15, 0.2) is 12.1 Å². The van der Waals surface area contributed by atoms with Crippen LogP contribution in [0.5, 0.6) is 11.5 Å². The Kier molecular flexibility index (Phi) is 3.19. The summed E-state index contributed by atoms with van der Waals surface area (Å²) >= 11 is 0. The normalized spacial score (nSPS) is 17.6. The van der Waals surface area contributed by atoms with E-state index in [1.165, 1.54) is 14.2 Å². The Labute approximate surface area is 99.7 Å². The number of benzene rings is 1. The van der Waals surface area contributed by atoms with Crippen LogP contribution in [0.4, 0.5) is 0 Å². The summed E-state index contributed by atoms with van der Waals surface area (Å²) in [5, 5.41) is 3.08. The second-order valence-corrected chi connectivity index (χ2v) is 3.61. The minimum atomic E-state index is -0.401. The van der Waals surface area contributed by atoms with E-state index in [2.05, 4.69) is 5.32 Å². The molecule has 1 aromatic rings. The number of nitrogens with one attached hydrogen (secondary N) is 1. The second-order valence-electron chi connectivity index (χ2n) is 3.61. The maximum Gasteiger partial charge on any atom is 0.344 e. The highest BCUT2D eigenvalue weighted by molar-refractivity contribution is 5.98. The van der Waals surface area contributed by atoms with Crippen LogP contribution < -0.4 is 14.8 Å². The number of fused-ring (bicyclic) bond motifs is 1. The average Bonchev–Trinajstić information content (AvgIpc) is 2.66. The van der Waals surface area contributed by atoms with Crippen molar-refractivity contribution < 1.29 is 19.0 Å². The van der Waals surface area contributed by atoms with E-state index >= 15 is 0 Å². The van der Waals surface area contributed by atoms with Gasteiger partial charge in [-0.2, -0.15) is 0 Å². The first-order valence-electron chi connectivity index (χ1n) is 5.42. The third-order valence-corrected chi connectivity index (χ3v) is 2.68. The van der Waals surface area contributed by atoms with E-state index < -0.39 is 6.23 Å². The molecule has 0 spiro atoms. The molecule has 0 radical (unpaired) electrons. The first-order chi connectivity index (χ1) is 8.22. The lowest BCUT2D eigenvalue weighted by Crippen LogP contribution is -2.20. The fourth-order valence-corrected chi connectivity index (χ4v) is 1.94. The van der Waals surface area contributed by atoms with Gasteiger partial charge in [0.1, 0.15) is 5.56 Å². The van der Waals surface area contributed by atoms with Gasteiger partial charge in [-0.15, -0.1) is 0 Å². The molecule has 0 aliphatic carbocycles. The Bertz CT molecular complexity index is 444. The van der Waals surface area contributed by atoms with E-state index in [1.807, 2.05) is 13.0 Å². The number of methoxy groups -OCH3 is 2. The fraction of sp³-hybridized carbons (Fsp3) is 0.417. The van der Waals surface area contributed by atoms with Crippen LogP contribution in [0.2, 0.25) is 0 Å². The molecule has 1 aliphatic heterocycles. The molecule has 1 aliphatic rings. The number of cyclic esters (lactones) is 1. The first-order valence-corrected chi connectivity index (χ1v) is 5.42. The van der Waals surface area contributed by atoms with Gasteiger partial charge in [0.25, 0.3) is 0 Å². The van der Waals surface area contributed by atoms with Crippen LogP contribution in [0.3, 0.4) is 0 Å². The molecule has 0 fully saturated rings. The lowest BCUT2D eigenvalue weighted by Gasteiger charge is -2.12. The van der Waals surface area contributed by atoms with E-state index in [0.717, 1.165) is 5.56 Å². The predicted molar refractivity (Wildman–Crippen MR) is 61.4 cm³/mol. The summed E-state index contributed by atoms with van der Waals surface area (Å²) in [4.78, 5) is 11.8. The first kappa shape index (κ1) is 11.7. The number of rotatable bonds is 4. The molecule has 0 amide bonds. The summed E-state index contributed by atoms with van der Waals surface area (Å²) in [7, 11) is 3.04. The highest BCUT2D eigenvalue weighted by atomic mass is 16.6. The van der Waals surface area contributed by atoms with Gasteiger partial charge in [-0.05, 0) is 18.7 Å². The van der Waals surface area contributed by atoms with Crippen molar-refractivity contribution in [2.45, 2.75) is 13.2 Å². The van der Waals surface area contributed by atoms with E-state index in [9.17, 15) is 4.79 Å². The fourth-order valence-electron chi connectivity index (χ4n) is 1.94. The van der Waals surface area contributed by atoms with Crippen molar-refractivity contribution in [2.24, 2.45) is 0 Å². The van der Waals surface area contributed by atoms with E-state index in [4.69, 9.17) is 14.2 Å². The van der Waals surface area contributed by atoms with Crippen LogP contribution >= 0.6 is 0 Å². The molecule has 1 aromatic carbocycles. The number of ether oxygens (including phenoxy) is 3. The maximum absolute atomic E-state index is 11.8. The van der Waals surface area contributed by atoms with Crippen molar-refractivity contribution in [3.05, 3.63) is 23.3 Å². The molecule has 92 valence electrons. The van der Waals surface area contributed by atoms with Crippen molar-refractivity contribution >= 4 is 5.97 Å². The molecule has 5 heteroatoms. The molecule has 0 aromatic heterocycles. The van der Waals surface area contributed by atoms with Gasteiger partial charge in [0.15, 0.2) is 17.7 Å². The van der Waals surface area contributed by atoms with Crippen LogP contribution in [0, 0.1) is 0 Å². The quantitative estimate of drug-likeness (QED) is 0.804. The zero-order chi connectivity index (χ0) is 12.4. The number of carbonyl (C=O) groups excluding carboxylic acids is 1. The smallest absolute Gasteiger partial charge is 0.344 e. The van der Waals surface area contributed by atoms with Gasteiger partial charge in [-0.25, -0.2) is 4.79 Å². The summed E-state index contributed by atoms with van der Waals surface area (Å²) in [6.45, 7) is 2.66. The molecule has 1 unspecified atom stereocenters. The van der Waals surface area contributed by atoms with Crippen LogP contribution in [0.25, 0.3) is 0 Å². The van der Waals surface area contributed by atoms with Gasteiger partial charge in [0.05, 0.1) is 14.2 Å². The minimum absolute atomic E-state index is 0.387. The Balaban J connectivity index is 2.51. The molecule has 1 N–H and O–H groups in total. The SMILES string of the molecule is CCNC1OC(=O)c2c1ccc(OC)c2OC. The molecule has 5 nitrogen and oxygen atoms in total. The van der Waals surface area contributed by atoms with Gasteiger partial charge in [0, 0.05) is 5.56 Å². The summed E-state index contributed by atoms with van der Waals surface area (Å²) in [6.07, 6.45) is -0.401. The highest BCUT2D eigenvalue weighted by Crippen LogP contribution is 2.40. The van der Waals surface area contributed by atoms with Crippen molar-refractivity contribution in [3.63, 3.8) is 0 Å². The third-order valence-electron chi connectivity index (χ3n) is 2.68. The van der Waals surface area contributed by atoms with Crippen LogP contribution in [-0.4, -0.2) is 26.7 Å². The number of esters is 1. The number of hydrogen-bond acceptors (Lipinski definition) is 5. The highest BCUT2D eigenvalue weighted by Gasteiger charge is 2.35. The lowest BCUT2D eigenvalue weighted by molar-refractivity contribution is 0.0312. The van der Waals surface area contributed by atoms with Gasteiger partial charge in [-0.3, -0.25) is 5.32 Å². The van der Waals surface area contributed by atoms with Crippen LogP contribution in [0.1, 0.15) is 29.1 Å². The molecule has 17 heavy (non-hydrogen) atoms. The molecule has 0 saturated carbocycles. The maximum atomic E-state index is 11.8. The van der Waals surface area contributed by atoms with Crippen molar-refractivity contribution in [1.82, 2.24) is 5.32 Å². The minimum Gasteiger partial charge on any atom is -0.493 e. The monoisotopic (exact) mass is 237 g/mol. The summed E-state index contributed by atoms with van der Waals surface area (Å²) < 4.78 is 15.6. The standard InChI is InChI=1S/C12H15NO4/c1-4-13-11-7-5-6-8(15-2)10(16-3)9(7)12(14)17-11/h5-6,11,13H,4H2,1-3H3.